The maximum atomic E-state index is 12.5. The number of likely N-dealkylation sites (N-methyl/N-ethyl adjacent to an activating group) is 1. The van der Waals surface area contributed by atoms with Crippen molar-refractivity contribution >= 4 is 40.5 Å². The average Bonchev–Trinajstić information content (AvgIpc) is 3.25. The number of hydrogen-bond acceptors (Lipinski definition) is 6. The fraction of sp³-hybridized carbons (Fsp3) is 0.263. The molecule has 7 heteroatoms. The van der Waals surface area contributed by atoms with Gasteiger partial charge in [0.15, 0.2) is 11.1 Å². The van der Waals surface area contributed by atoms with Crippen molar-refractivity contribution < 1.29 is 13.9 Å². The van der Waals surface area contributed by atoms with Gasteiger partial charge in [0, 0.05) is 32.3 Å². The Morgan fingerprint density at radius 1 is 1.12 bits per heavy atom. The Bertz CT molecular complexity index is 854. The molecule has 4 rings (SSSR count). The van der Waals surface area contributed by atoms with Gasteiger partial charge in [0.05, 0.1) is 23.8 Å². The number of anilines is 1. The molecule has 2 aliphatic rings. The predicted molar refractivity (Wildman–Crippen MR) is 104 cm³/mol. The molecule has 2 aliphatic heterocycles. The zero-order valence-corrected chi connectivity index (χ0v) is 15.2. The molecule has 1 aromatic carbocycles. The summed E-state index contributed by atoms with van der Waals surface area (Å²) in [6.07, 6.45) is 1.78. The topological polar surface area (TPSA) is 58.3 Å². The number of benzene rings is 1. The Hall–Kier alpha value is -2.51. The maximum Gasteiger partial charge on any atom is 0.266 e. The highest BCUT2D eigenvalue weighted by molar-refractivity contribution is 8.18. The zero-order chi connectivity index (χ0) is 17.9. The summed E-state index contributed by atoms with van der Waals surface area (Å²) in [4.78, 5) is 21.4. The number of ether oxygens (including phenoxy) is 1. The van der Waals surface area contributed by atoms with E-state index in [1.165, 1.54) is 11.8 Å². The molecule has 0 aliphatic carbocycles. The van der Waals surface area contributed by atoms with Crippen molar-refractivity contribution in [1.82, 2.24) is 4.90 Å². The molecular weight excluding hydrogens is 350 g/mol. The van der Waals surface area contributed by atoms with Crippen LogP contribution in [0.2, 0.25) is 0 Å². The van der Waals surface area contributed by atoms with Crippen molar-refractivity contribution in [3.8, 4) is 0 Å². The van der Waals surface area contributed by atoms with Crippen LogP contribution in [-0.4, -0.2) is 49.3 Å². The third-order valence-corrected chi connectivity index (χ3v) is 5.25. The van der Waals surface area contributed by atoms with Gasteiger partial charge in [-0.2, -0.15) is 0 Å². The van der Waals surface area contributed by atoms with Gasteiger partial charge in [0.25, 0.3) is 5.91 Å². The second kappa shape index (κ2) is 7.39. The van der Waals surface area contributed by atoms with E-state index in [2.05, 4.69) is 9.89 Å². The number of furan rings is 1. The second-order valence-electron chi connectivity index (χ2n) is 5.98. The SMILES string of the molecule is CN1C(=O)/C(=C/c2ccc(N3CCOCC3)o2)SC1=Nc1ccccc1. The lowest BCUT2D eigenvalue weighted by molar-refractivity contribution is -0.121. The van der Waals surface area contributed by atoms with Gasteiger partial charge in [-0.3, -0.25) is 9.69 Å². The molecule has 2 saturated heterocycles. The number of carbonyl (C=O) groups excluding carboxylic acids is 1. The van der Waals surface area contributed by atoms with Gasteiger partial charge >= 0.3 is 0 Å². The highest BCUT2D eigenvalue weighted by Crippen LogP contribution is 2.34. The van der Waals surface area contributed by atoms with Crippen molar-refractivity contribution in [2.45, 2.75) is 0 Å². The Morgan fingerprint density at radius 2 is 1.88 bits per heavy atom. The van der Waals surface area contributed by atoms with E-state index in [0.717, 1.165) is 24.7 Å². The van der Waals surface area contributed by atoms with Crippen LogP contribution in [0.4, 0.5) is 11.6 Å². The molecular formula is C19H19N3O3S. The van der Waals surface area contributed by atoms with Gasteiger partial charge in [-0.15, -0.1) is 0 Å². The number of thioether (sulfide) groups is 1. The van der Waals surface area contributed by atoms with Gasteiger partial charge in [0.1, 0.15) is 5.76 Å². The Labute approximate surface area is 156 Å². The minimum Gasteiger partial charge on any atom is -0.441 e. The summed E-state index contributed by atoms with van der Waals surface area (Å²) >= 11 is 1.36. The minimum absolute atomic E-state index is 0.0750. The molecule has 2 aromatic rings. The molecule has 2 fully saturated rings. The van der Waals surface area contributed by atoms with Crippen LogP contribution < -0.4 is 4.90 Å². The first kappa shape index (κ1) is 16.9. The van der Waals surface area contributed by atoms with Crippen LogP contribution in [0, 0.1) is 0 Å². The number of amides is 1. The predicted octanol–water partition coefficient (Wildman–Crippen LogP) is 3.35. The van der Waals surface area contributed by atoms with Crippen LogP contribution in [0.3, 0.4) is 0 Å². The average molecular weight is 369 g/mol. The summed E-state index contributed by atoms with van der Waals surface area (Å²) < 4.78 is 11.3. The summed E-state index contributed by atoms with van der Waals surface area (Å²) in [5.74, 6) is 1.40. The van der Waals surface area contributed by atoms with Crippen molar-refractivity contribution in [2.75, 3.05) is 38.3 Å². The lowest BCUT2D eigenvalue weighted by Gasteiger charge is -2.26. The number of amidine groups is 1. The second-order valence-corrected chi connectivity index (χ2v) is 6.99. The first-order valence-corrected chi connectivity index (χ1v) is 9.26. The van der Waals surface area contributed by atoms with Gasteiger partial charge in [-0.05, 0) is 30.0 Å². The van der Waals surface area contributed by atoms with Gasteiger partial charge in [-0.1, -0.05) is 18.2 Å². The number of para-hydroxylation sites is 1. The van der Waals surface area contributed by atoms with Crippen LogP contribution in [0.1, 0.15) is 5.76 Å². The standard InChI is InChI=1S/C19H19N3O3S/c1-21-18(23)16(26-19(21)20-14-5-3-2-4-6-14)13-15-7-8-17(25-15)22-9-11-24-12-10-22/h2-8,13H,9-12H2,1H3/b16-13-,20-19?. The quantitative estimate of drug-likeness (QED) is 0.777. The number of aliphatic imine (C=N–C) groups is 1. The van der Waals surface area contributed by atoms with Crippen molar-refractivity contribution in [3.63, 3.8) is 0 Å². The van der Waals surface area contributed by atoms with E-state index in [1.54, 1.807) is 18.0 Å². The number of morpholine rings is 1. The maximum absolute atomic E-state index is 12.5. The van der Waals surface area contributed by atoms with E-state index in [0.29, 0.717) is 29.0 Å². The molecule has 6 nitrogen and oxygen atoms in total. The smallest absolute Gasteiger partial charge is 0.266 e. The molecule has 0 N–H and O–H groups in total. The molecule has 1 aromatic heterocycles. The number of hydrogen-bond donors (Lipinski definition) is 0. The summed E-state index contributed by atoms with van der Waals surface area (Å²) in [6, 6.07) is 13.4. The largest absolute Gasteiger partial charge is 0.441 e. The Balaban J connectivity index is 1.53. The fourth-order valence-electron chi connectivity index (χ4n) is 2.77. The van der Waals surface area contributed by atoms with E-state index >= 15 is 0 Å². The summed E-state index contributed by atoms with van der Waals surface area (Å²) in [7, 11) is 1.74. The van der Waals surface area contributed by atoms with Crippen molar-refractivity contribution in [2.24, 2.45) is 4.99 Å². The summed E-state index contributed by atoms with van der Waals surface area (Å²) in [6.45, 7) is 3.03. The normalized spacial score (nSPS) is 21.2. The summed E-state index contributed by atoms with van der Waals surface area (Å²) in [5, 5.41) is 0.660. The lowest BCUT2D eigenvalue weighted by atomic mass is 10.3. The lowest BCUT2D eigenvalue weighted by Crippen LogP contribution is -2.35. The van der Waals surface area contributed by atoms with Crippen molar-refractivity contribution in [1.29, 1.82) is 0 Å². The van der Waals surface area contributed by atoms with E-state index in [1.807, 2.05) is 42.5 Å². The monoisotopic (exact) mass is 369 g/mol. The Morgan fingerprint density at radius 3 is 2.65 bits per heavy atom. The first-order valence-electron chi connectivity index (χ1n) is 8.44. The van der Waals surface area contributed by atoms with Crippen LogP contribution in [-0.2, 0) is 9.53 Å². The van der Waals surface area contributed by atoms with Crippen LogP contribution in [0.5, 0.6) is 0 Å². The molecule has 0 bridgehead atoms. The molecule has 1 amide bonds. The van der Waals surface area contributed by atoms with E-state index in [-0.39, 0.29) is 5.91 Å². The molecule has 0 unspecified atom stereocenters. The molecule has 0 atom stereocenters. The van der Waals surface area contributed by atoms with Crippen LogP contribution >= 0.6 is 11.8 Å². The van der Waals surface area contributed by atoms with Gasteiger partial charge in [-0.25, -0.2) is 4.99 Å². The first-order chi connectivity index (χ1) is 12.7. The fourth-order valence-corrected chi connectivity index (χ4v) is 3.73. The van der Waals surface area contributed by atoms with Crippen LogP contribution in [0.25, 0.3) is 6.08 Å². The molecule has 134 valence electrons. The van der Waals surface area contributed by atoms with Crippen LogP contribution in [0.15, 0.2) is 56.8 Å². The number of carbonyl (C=O) groups is 1. The Kier molecular flexibility index (Phi) is 4.81. The number of rotatable bonds is 3. The van der Waals surface area contributed by atoms with Gasteiger partial charge in [0.2, 0.25) is 0 Å². The molecule has 26 heavy (non-hydrogen) atoms. The van der Waals surface area contributed by atoms with Gasteiger partial charge < -0.3 is 14.1 Å². The number of nitrogens with zero attached hydrogens (tertiary/aromatic N) is 3. The van der Waals surface area contributed by atoms with Crippen molar-refractivity contribution in [3.05, 3.63) is 53.1 Å². The van der Waals surface area contributed by atoms with E-state index in [4.69, 9.17) is 9.15 Å². The van der Waals surface area contributed by atoms with E-state index in [9.17, 15) is 4.79 Å². The third kappa shape index (κ3) is 3.54. The third-order valence-electron chi connectivity index (χ3n) is 4.19. The summed E-state index contributed by atoms with van der Waals surface area (Å²) in [5.41, 5.74) is 0.823. The molecule has 0 radical (unpaired) electrons. The minimum atomic E-state index is -0.0750. The molecule has 3 heterocycles. The van der Waals surface area contributed by atoms with E-state index < -0.39 is 0 Å². The zero-order valence-electron chi connectivity index (χ0n) is 14.4. The molecule has 0 spiro atoms. The highest BCUT2D eigenvalue weighted by atomic mass is 32.2. The highest BCUT2D eigenvalue weighted by Gasteiger charge is 2.30. The molecule has 0 saturated carbocycles.